The van der Waals surface area contributed by atoms with Gasteiger partial charge in [-0.1, -0.05) is 49.4 Å². The van der Waals surface area contributed by atoms with Gasteiger partial charge in [0.1, 0.15) is 17.6 Å². The number of carbonyl (C=O) groups is 2. The van der Waals surface area contributed by atoms with E-state index in [1.807, 2.05) is 66.1 Å². The Labute approximate surface area is 227 Å². The highest BCUT2D eigenvalue weighted by Gasteiger charge is 2.32. The molecule has 2 N–H and O–H groups in total. The molecule has 1 aromatic heterocycles. The van der Waals surface area contributed by atoms with Crippen molar-refractivity contribution in [2.75, 3.05) is 7.11 Å². The summed E-state index contributed by atoms with van der Waals surface area (Å²) < 4.78 is 21.4. The van der Waals surface area contributed by atoms with E-state index in [-0.39, 0.29) is 23.7 Å². The number of aromatic nitrogens is 1. The van der Waals surface area contributed by atoms with Gasteiger partial charge in [-0.15, -0.1) is 0 Å². The van der Waals surface area contributed by atoms with Gasteiger partial charge in [0.15, 0.2) is 0 Å². The Bertz CT molecular complexity index is 1480. The zero-order chi connectivity index (χ0) is 27.5. The monoisotopic (exact) mass is 528 g/mol. The van der Waals surface area contributed by atoms with Crippen LogP contribution in [0.15, 0.2) is 72.8 Å². The summed E-state index contributed by atoms with van der Waals surface area (Å²) in [5.74, 6) is -0.934. The summed E-state index contributed by atoms with van der Waals surface area (Å²) in [6.45, 7) is 1.85. The summed E-state index contributed by atoms with van der Waals surface area (Å²) in [4.78, 5) is 25.8. The van der Waals surface area contributed by atoms with E-state index in [4.69, 9.17) is 4.74 Å². The number of ether oxygens (including phenoxy) is 1. The van der Waals surface area contributed by atoms with Gasteiger partial charge in [-0.25, -0.2) is 9.18 Å². The van der Waals surface area contributed by atoms with Crippen LogP contribution >= 0.6 is 0 Å². The third kappa shape index (κ3) is 5.39. The maximum Gasteiger partial charge on any atom is 0.326 e. The largest absolute Gasteiger partial charge is 0.497 e. The van der Waals surface area contributed by atoms with Crippen molar-refractivity contribution >= 4 is 22.8 Å². The second-order valence-corrected chi connectivity index (χ2v) is 10.2. The molecule has 4 aromatic rings. The van der Waals surface area contributed by atoms with Gasteiger partial charge < -0.3 is 19.7 Å². The minimum Gasteiger partial charge on any atom is -0.497 e. The molecule has 3 unspecified atom stereocenters. The standard InChI is InChI=1S/C32H33FN2O4/c1-3-28(32(37)38)35-29-15-11-22(33)18-26(29)27-19-23(12-16-30(27)35)34-31(36)25(21-7-5-4-6-8-21)17-20-9-13-24(39-2)14-10-20/h4-11,13-15,18,23,25,28H,3,12,16-17,19H2,1-2H3,(H,34,36)(H,37,38). The number of fused-ring (bicyclic) bond motifs is 3. The van der Waals surface area contributed by atoms with Gasteiger partial charge in [-0.2, -0.15) is 0 Å². The molecule has 0 saturated carbocycles. The molecule has 5 rings (SSSR count). The number of hydrogen-bond acceptors (Lipinski definition) is 3. The number of nitrogens with one attached hydrogen (secondary N) is 1. The molecule has 1 amide bonds. The van der Waals surface area contributed by atoms with E-state index in [2.05, 4.69) is 5.32 Å². The van der Waals surface area contributed by atoms with E-state index in [1.165, 1.54) is 12.1 Å². The summed E-state index contributed by atoms with van der Waals surface area (Å²) in [6, 6.07) is 21.2. The molecule has 3 aromatic carbocycles. The Morgan fingerprint density at radius 3 is 2.51 bits per heavy atom. The van der Waals surface area contributed by atoms with Gasteiger partial charge in [-0.3, -0.25) is 4.79 Å². The van der Waals surface area contributed by atoms with Gasteiger partial charge >= 0.3 is 5.97 Å². The van der Waals surface area contributed by atoms with Crippen molar-refractivity contribution in [1.82, 2.24) is 9.88 Å². The first-order valence-electron chi connectivity index (χ1n) is 13.4. The lowest BCUT2D eigenvalue weighted by molar-refractivity contribution is -0.141. The number of halogens is 1. The van der Waals surface area contributed by atoms with Gasteiger partial charge in [0.2, 0.25) is 5.91 Å². The van der Waals surface area contributed by atoms with Crippen molar-refractivity contribution in [1.29, 1.82) is 0 Å². The number of aliphatic carboxylic acids is 1. The normalized spacial score (nSPS) is 16.3. The third-order valence-electron chi connectivity index (χ3n) is 7.81. The maximum atomic E-state index is 14.3. The fraction of sp³-hybridized carbons (Fsp3) is 0.312. The minimum atomic E-state index is -0.902. The summed E-state index contributed by atoms with van der Waals surface area (Å²) in [7, 11) is 1.63. The van der Waals surface area contributed by atoms with E-state index in [9.17, 15) is 19.1 Å². The van der Waals surface area contributed by atoms with Crippen LogP contribution in [0.5, 0.6) is 5.75 Å². The van der Waals surface area contributed by atoms with Crippen molar-refractivity contribution in [3.63, 3.8) is 0 Å². The average molecular weight is 529 g/mol. The first-order chi connectivity index (χ1) is 18.9. The van der Waals surface area contributed by atoms with Crippen LogP contribution in [0.4, 0.5) is 4.39 Å². The van der Waals surface area contributed by atoms with Gasteiger partial charge in [-0.05, 0) is 79.1 Å². The van der Waals surface area contributed by atoms with Crippen LogP contribution in [0.25, 0.3) is 10.9 Å². The summed E-state index contributed by atoms with van der Waals surface area (Å²) in [5.41, 5.74) is 4.54. The maximum absolute atomic E-state index is 14.3. The van der Waals surface area contributed by atoms with Gasteiger partial charge in [0.05, 0.1) is 13.0 Å². The first kappa shape index (κ1) is 26.5. The number of methoxy groups -OCH3 is 1. The third-order valence-corrected chi connectivity index (χ3v) is 7.81. The van der Waals surface area contributed by atoms with E-state index in [0.29, 0.717) is 32.1 Å². The molecule has 0 spiro atoms. The second kappa shape index (κ2) is 11.3. The lowest BCUT2D eigenvalue weighted by atomic mass is 9.88. The van der Waals surface area contributed by atoms with Crippen molar-refractivity contribution in [3.8, 4) is 5.75 Å². The summed E-state index contributed by atoms with van der Waals surface area (Å²) in [6.07, 6.45) is 2.77. The number of amides is 1. The van der Waals surface area contributed by atoms with E-state index >= 15 is 0 Å². The Balaban J connectivity index is 1.43. The van der Waals surface area contributed by atoms with Gasteiger partial charge in [0, 0.05) is 22.6 Å². The summed E-state index contributed by atoms with van der Waals surface area (Å²) in [5, 5.41) is 13.9. The average Bonchev–Trinajstić information content (AvgIpc) is 3.25. The van der Waals surface area contributed by atoms with Crippen molar-refractivity contribution in [2.45, 2.75) is 57.0 Å². The Hall–Kier alpha value is -4.13. The van der Waals surface area contributed by atoms with Crippen molar-refractivity contribution in [2.24, 2.45) is 0 Å². The topological polar surface area (TPSA) is 80.6 Å². The van der Waals surface area contributed by atoms with Crippen LogP contribution < -0.4 is 10.1 Å². The number of rotatable bonds is 9. The Morgan fingerprint density at radius 1 is 1.10 bits per heavy atom. The molecule has 1 aliphatic rings. The fourth-order valence-corrected chi connectivity index (χ4v) is 5.86. The number of nitrogens with zero attached hydrogens (tertiary/aromatic N) is 1. The lowest BCUT2D eigenvalue weighted by Crippen LogP contribution is -2.42. The first-order valence-corrected chi connectivity index (χ1v) is 13.4. The molecule has 0 saturated heterocycles. The number of carboxylic acids is 1. The summed E-state index contributed by atoms with van der Waals surface area (Å²) >= 11 is 0. The number of hydrogen-bond donors (Lipinski definition) is 2. The molecular formula is C32H33FN2O4. The van der Waals surface area contributed by atoms with Crippen molar-refractivity contribution in [3.05, 3.63) is 101 Å². The van der Waals surface area contributed by atoms with Crippen LogP contribution in [-0.4, -0.2) is 34.7 Å². The van der Waals surface area contributed by atoms with Crippen molar-refractivity contribution < 1.29 is 23.8 Å². The number of benzene rings is 3. The minimum absolute atomic E-state index is 0.0580. The van der Waals surface area contributed by atoms with Crippen LogP contribution in [0.3, 0.4) is 0 Å². The highest BCUT2D eigenvalue weighted by Crippen LogP contribution is 2.36. The molecule has 39 heavy (non-hydrogen) atoms. The molecule has 1 heterocycles. The van der Waals surface area contributed by atoms with E-state index in [1.54, 1.807) is 13.2 Å². The zero-order valence-corrected chi connectivity index (χ0v) is 22.2. The zero-order valence-electron chi connectivity index (χ0n) is 22.2. The predicted molar refractivity (Wildman–Crippen MR) is 149 cm³/mol. The SMILES string of the molecule is CCC(C(=O)O)n1c2c(c3cc(F)ccc31)CC(NC(=O)C(Cc1ccc(OC)cc1)c1ccccc1)CC2. The molecule has 0 aliphatic heterocycles. The number of carbonyl (C=O) groups excluding carboxylic acids is 1. The van der Waals surface area contributed by atoms with E-state index in [0.717, 1.165) is 39.0 Å². The van der Waals surface area contributed by atoms with Crippen LogP contribution in [-0.2, 0) is 28.9 Å². The second-order valence-electron chi connectivity index (χ2n) is 10.2. The molecule has 1 aliphatic carbocycles. The molecule has 6 nitrogen and oxygen atoms in total. The molecule has 0 radical (unpaired) electrons. The molecule has 0 fully saturated rings. The fourth-order valence-electron chi connectivity index (χ4n) is 5.86. The number of carboxylic acid groups (broad SMARTS) is 1. The van der Waals surface area contributed by atoms with Crippen LogP contribution in [0.1, 0.15) is 54.1 Å². The molecular weight excluding hydrogens is 495 g/mol. The van der Waals surface area contributed by atoms with Crippen LogP contribution in [0.2, 0.25) is 0 Å². The highest BCUT2D eigenvalue weighted by atomic mass is 19.1. The van der Waals surface area contributed by atoms with E-state index < -0.39 is 12.0 Å². The highest BCUT2D eigenvalue weighted by molar-refractivity contribution is 5.89. The Kier molecular flexibility index (Phi) is 7.68. The van der Waals surface area contributed by atoms with Gasteiger partial charge in [0.25, 0.3) is 0 Å². The molecule has 0 bridgehead atoms. The Morgan fingerprint density at radius 2 is 1.85 bits per heavy atom. The quantitative estimate of drug-likeness (QED) is 0.287. The molecule has 7 heteroatoms. The smallest absolute Gasteiger partial charge is 0.326 e. The predicted octanol–water partition coefficient (Wildman–Crippen LogP) is 5.82. The molecule has 3 atom stereocenters. The molecule has 202 valence electrons. The lowest BCUT2D eigenvalue weighted by Gasteiger charge is -2.28. The van der Waals surface area contributed by atoms with Crippen LogP contribution in [0, 0.1) is 5.82 Å².